The van der Waals surface area contributed by atoms with E-state index in [-0.39, 0.29) is 28.1 Å². The smallest absolute Gasteiger partial charge is 0.404 e. The van der Waals surface area contributed by atoms with Gasteiger partial charge in [-0.3, -0.25) is 9.79 Å². The van der Waals surface area contributed by atoms with Crippen molar-refractivity contribution >= 4 is 35.0 Å². The van der Waals surface area contributed by atoms with Gasteiger partial charge in [-0.1, -0.05) is 17.7 Å². The topological polar surface area (TPSA) is 81.5 Å². The lowest BCUT2D eigenvalue weighted by Gasteiger charge is -2.10. The number of carbonyl (C=O) groups is 1. The highest BCUT2D eigenvalue weighted by molar-refractivity contribution is 6.32. The summed E-state index contributed by atoms with van der Waals surface area (Å²) in [4.78, 5) is 16.4. The molecule has 0 aliphatic heterocycles. The van der Waals surface area contributed by atoms with Gasteiger partial charge in [0.1, 0.15) is 0 Å². The number of hydrogen-bond donors (Lipinski definition) is 2. The second-order valence-corrected chi connectivity index (χ2v) is 5.87. The number of benzene rings is 2. The van der Waals surface area contributed by atoms with E-state index < -0.39 is 17.5 Å². The molecule has 0 saturated carbocycles. The van der Waals surface area contributed by atoms with Crippen molar-refractivity contribution in [2.24, 2.45) is 10.7 Å². The molecule has 136 valence electrons. The average molecular weight is 382 g/mol. The van der Waals surface area contributed by atoms with Crippen LogP contribution < -0.4 is 11.5 Å². The van der Waals surface area contributed by atoms with Crippen LogP contribution in [0.3, 0.4) is 0 Å². The first-order valence-corrected chi connectivity index (χ1v) is 7.75. The monoisotopic (exact) mass is 381 g/mol. The maximum Gasteiger partial charge on any atom is 0.416 e. The summed E-state index contributed by atoms with van der Waals surface area (Å²) in [5.74, 6) is -0.542. The Morgan fingerprint density at radius 1 is 1.19 bits per heavy atom. The Morgan fingerprint density at radius 3 is 2.50 bits per heavy atom. The van der Waals surface area contributed by atoms with Crippen molar-refractivity contribution < 1.29 is 18.0 Å². The zero-order chi connectivity index (χ0) is 19.5. The van der Waals surface area contributed by atoms with Crippen molar-refractivity contribution in [3.8, 4) is 0 Å². The number of allylic oxidation sites excluding steroid dienone is 1. The second-order valence-electron chi connectivity index (χ2n) is 5.44. The molecule has 0 spiro atoms. The molecule has 0 heterocycles. The van der Waals surface area contributed by atoms with Gasteiger partial charge in [0.2, 0.25) is 0 Å². The summed E-state index contributed by atoms with van der Waals surface area (Å²) >= 11 is 5.86. The third kappa shape index (κ3) is 4.43. The summed E-state index contributed by atoms with van der Waals surface area (Å²) in [6.07, 6.45) is -2.40. The normalized spacial score (nSPS) is 12.6. The van der Waals surface area contributed by atoms with Gasteiger partial charge in [-0.25, -0.2) is 0 Å². The van der Waals surface area contributed by atoms with E-state index in [0.29, 0.717) is 5.02 Å². The van der Waals surface area contributed by atoms with Gasteiger partial charge in [-0.15, -0.1) is 0 Å². The van der Waals surface area contributed by atoms with Crippen LogP contribution in [0.5, 0.6) is 0 Å². The Bertz CT molecular complexity index is 905. The summed E-state index contributed by atoms with van der Waals surface area (Å²) in [5, 5.41) is 0.309. The lowest BCUT2D eigenvalue weighted by molar-refractivity contribution is -0.138. The number of hydrogen-bond acceptors (Lipinski definition) is 4. The molecular formula is C18H15ClF3N3O. The summed E-state index contributed by atoms with van der Waals surface area (Å²) in [5.41, 5.74) is 10.8. The minimum Gasteiger partial charge on any atom is -0.404 e. The predicted molar refractivity (Wildman–Crippen MR) is 96.8 cm³/mol. The zero-order valence-corrected chi connectivity index (χ0v) is 14.4. The van der Waals surface area contributed by atoms with E-state index in [1.807, 2.05) is 0 Å². The first-order valence-electron chi connectivity index (χ1n) is 7.37. The molecule has 0 aromatic heterocycles. The van der Waals surface area contributed by atoms with Crippen molar-refractivity contribution in [1.29, 1.82) is 0 Å². The molecular weight excluding hydrogens is 367 g/mol. The van der Waals surface area contributed by atoms with Gasteiger partial charge in [0.05, 0.1) is 16.8 Å². The standard InChI is InChI=1S/C18H15ClF3N3O/c1-10-2-4-13(7-15(10)18(20,21)22)25-9-11(8-23)17(26)14-6-12(19)3-5-16(14)24/h2-9H,23-24H2,1H3/b11-8+,25-9?. The van der Waals surface area contributed by atoms with Gasteiger partial charge < -0.3 is 11.5 Å². The molecule has 0 aliphatic carbocycles. The third-order valence-electron chi connectivity index (χ3n) is 3.58. The molecule has 2 aromatic carbocycles. The van der Waals surface area contributed by atoms with E-state index in [2.05, 4.69) is 4.99 Å². The van der Waals surface area contributed by atoms with Crippen molar-refractivity contribution in [1.82, 2.24) is 0 Å². The van der Waals surface area contributed by atoms with Crippen LogP contribution in [0.4, 0.5) is 24.5 Å². The molecule has 0 radical (unpaired) electrons. The van der Waals surface area contributed by atoms with Crippen LogP contribution in [0.2, 0.25) is 5.02 Å². The number of alkyl halides is 3. The highest BCUT2D eigenvalue weighted by Gasteiger charge is 2.32. The minimum absolute atomic E-state index is 0.0342. The molecule has 26 heavy (non-hydrogen) atoms. The van der Waals surface area contributed by atoms with Crippen LogP contribution in [-0.4, -0.2) is 12.0 Å². The number of aliphatic imine (C=N–C) groups is 1. The van der Waals surface area contributed by atoms with E-state index in [1.54, 1.807) is 0 Å². The molecule has 0 bridgehead atoms. The number of nitrogen functional groups attached to an aromatic ring is 1. The number of nitrogens with two attached hydrogens (primary N) is 2. The molecule has 0 unspecified atom stereocenters. The van der Waals surface area contributed by atoms with Gasteiger partial charge in [0.15, 0.2) is 5.78 Å². The lowest BCUT2D eigenvalue weighted by atomic mass is 10.0. The molecule has 0 saturated heterocycles. The van der Waals surface area contributed by atoms with Crippen molar-refractivity contribution in [3.63, 3.8) is 0 Å². The van der Waals surface area contributed by atoms with Crippen molar-refractivity contribution in [2.75, 3.05) is 5.73 Å². The van der Waals surface area contributed by atoms with E-state index in [9.17, 15) is 18.0 Å². The first kappa shape index (κ1) is 19.5. The molecule has 8 heteroatoms. The van der Waals surface area contributed by atoms with Crippen LogP contribution in [0, 0.1) is 6.92 Å². The van der Waals surface area contributed by atoms with E-state index in [0.717, 1.165) is 18.5 Å². The van der Waals surface area contributed by atoms with Crippen molar-refractivity contribution in [2.45, 2.75) is 13.1 Å². The van der Waals surface area contributed by atoms with E-state index >= 15 is 0 Å². The SMILES string of the molecule is Cc1ccc(N=C/C(=C\N)C(=O)c2cc(Cl)ccc2N)cc1C(F)(F)F. The van der Waals surface area contributed by atoms with Gasteiger partial charge in [0.25, 0.3) is 0 Å². The van der Waals surface area contributed by atoms with Gasteiger partial charge >= 0.3 is 6.18 Å². The minimum atomic E-state index is -4.49. The highest BCUT2D eigenvalue weighted by atomic mass is 35.5. The average Bonchev–Trinajstić information content (AvgIpc) is 2.57. The second kappa shape index (κ2) is 7.61. The number of ketones is 1. The Labute approximate surface area is 153 Å². The summed E-state index contributed by atoms with van der Waals surface area (Å²) in [7, 11) is 0. The maximum absolute atomic E-state index is 13.0. The molecule has 0 atom stereocenters. The number of anilines is 1. The largest absolute Gasteiger partial charge is 0.416 e. The summed E-state index contributed by atoms with van der Waals surface area (Å²) in [6.45, 7) is 1.35. The quantitative estimate of drug-likeness (QED) is 0.349. The lowest BCUT2D eigenvalue weighted by Crippen LogP contribution is -2.10. The van der Waals surface area contributed by atoms with E-state index in [1.165, 1.54) is 37.3 Å². The van der Waals surface area contributed by atoms with Crippen molar-refractivity contribution in [3.05, 3.63) is 69.9 Å². The molecule has 2 rings (SSSR count). The Kier molecular flexibility index (Phi) is 5.72. The molecule has 0 amide bonds. The molecule has 4 nitrogen and oxygen atoms in total. The summed E-state index contributed by atoms with van der Waals surface area (Å²) < 4.78 is 38.9. The zero-order valence-electron chi connectivity index (χ0n) is 13.6. The van der Waals surface area contributed by atoms with E-state index in [4.69, 9.17) is 23.1 Å². The van der Waals surface area contributed by atoms with Gasteiger partial charge in [-0.05, 0) is 42.8 Å². The van der Waals surface area contributed by atoms with Crippen LogP contribution in [-0.2, 0) is 6.18 Å². The highest BCUT2D eigenvalue weighted by Crippen LogP contribution is 2.34. The number of nitrogens with zero attached hydrogens (tertiary/aromatic N) is 1. The van der Waals surface area contributed by atoms with Crippen LogP contribution >= 0.6 is 11.6 Å². The predicted octanol–water partition coefficient (Wildman–Crippen LogP) is 4.68. The molecule has 4 N–H and O–H groups in total. The Morgan fingerprint density at radius 2 is 1.88 bits per heavy atom. The molecule has 0 fully saturated rings. The number of Topliss-reactive ketones (excluding diaryl/α,β-unsaturated/α-hetero) is 1. The first-order chi connectivity index (χ1) is 12.1. The van der Waals surface area contributed by atoms with Gasteiger partial charge in [-0.2, -0.15) is 13.2 Å². The van der Waals surface area contributed by atoms with Crippen LogP contribution in [0.15, 0.2) is 53.2 Å². The summed E-state index contributed by atoms with van der Waals surface area (Å²) in [6, 6.07) is 7.99. The van der Waals surface area contributed by atoms with Gasteiger partial charge in [0, 0.05) is 28.7 Å². The van der Waals surface area contributed by atoms with Crippen LogP contribution in [0.25, 0.3) is 0 Å². The fraction of sp³-hybridized carbons (Fsp3) is 0.111. The van der Waals surface area contributed by atoms with Crippen LogP contribution in [0.1, 0.15) is 21.5 Å². The number of halogens is 4. The Hall–Kier alpha value is -2.80. The Balaban J connectivity index is 2.34. The maximum atomic E-state index is 13.0. The molecule has 2 aromatic rings. The third-order valence-corrected chi connectivity index (χ3v) is 3.82. The number of carbonyl (C=O) groups excluding carboxylic acids is 1. The fourth-order valence-corrected chi connectivity index (χ4v) is 2.37. The fourth-order valence-electron chi connectivity index (χ4n) is 2.20. The molecule has 0 aliphatic rings. The number of rotatable bonds is 4. The number of aryl methyl sites for hydroxylation is 1.